The van der Waals surface area contributed by atoms with Crippen LogP contribution in [-0.2, 0) is 19.1 Å². The van der Waals surface area contributed by atoms with Crippen molar-refractivity contribution in [1.29, 1.82) is 0 Å². The van der Waals surface area contributed by atoms with Crippen molar-refractivity contribution in [1.82, 2.24) is 30.8 Å². The van der Waals surface area contributed by atoms with Crippen molar-refractivity contribution in [2.24, 2.45) is 5.16 Å². The first kappa shape index (κ1) is 29.6. The zero-order valence-corrected chi connectivity index (χ0v) is 25.5. The van der Waals surface area contributed by atoms with Crippen molar-refractivity contribution in [3.05, 3.63) is 105 Å². The molecule has 2 amide bonds. The summed E-state index contributed by atoms with van der Waals surface area (Å²) in [5, 5.41) is 30.6. The Morgan fingerprint density at radius 2 is 1.82 bits per heavy atom. The molecule has 12 nitrogen and oxygen atoms in total. The van der Waals surface area contributed by atoms with Crippen molar-refractivity contribution in [3.63, 3.8) is 0 Å². The Morgan fingerprint density at radius 3 is 2.41 bits per heavy atom. The summed E-state index contributed by atoms with van der Waals surface area (Å²) in [6, 6.07) is 21.2. The number of β-lactam (4-membered cyclic amide) rings is 1. The van der Waals surface area contributed by atoms with Crippen LogP contribution in [0.25, 0.3) is 0 Å². The number of thioether (sulfide) groups is 2. The number of nitrogens with one attached hydrogen (secondary N) is 2. The van der Waals surface area contributed by atoms with Crippen LogP contribution in [0, 0.1) is 0 Å². The molecule has 0 aliphatic carbocycles. The van der Waals surface area contributed by atoms with Crippen LogP contribution >= 0.6 is 34.9 Å². The first-order chi connectivity index (χ1) is 21.5. The van der Waals surface area contributed by atoms with Gasteiger partial charge in [0, 0.05) is 11.0 Å². The fraction of sp³-hybridized carbons (Fsp3) is 0.207. The minimum Gasteiger partial charge on any atom is -0.448 e. The van der Waals surface area contributed by atoms with Crippen LogP contribution in [0.1, 0.15) is 29.0 Å². The maximum absolute atomic E-state index is 14.2. The minimum atomic E-state index is -0.937. The van der Waals surface area contributed by atoms with E-state index in [0.717, 1.165) is 11.1 Å². The number of benzene rings is 2. The summed E-state index contributed by atoms with van der Waals surface area (Å²) in [5.41, 5.74) is 2.14. The molecule has 2 aromatic heterocycles. The Morgan fingerprint density at radius 1 is 1.11 bits per heavy atom. The molecule has 1 saturated heterocycles. The molecule has 2 aromatic carbocycles. The van der Waals surface area contributed by atoms with Gasteiger partial charge in [0.15, 0.2) is 11.8 Å². The Labute approximate surface area is 263 Å². The van der Waals surface area contributed by atoms with Gasteiger partial charge in [-0.25, -0.2) is 4.79 Å². The Kier molecular flexibility index (Phi) is 8.77. The number of nitrogens with zero attached hydrogens (tertiary/aromatic N) is 5. The van der Waals surface area contributed by atoms with E-state index >= 15 is 0 Å². The average Bonchev–Trinajstić information content (AvgIpc) is 3.78. The van der Waals surface area contributed by atoms with Gasteiger partial charge in [-0.2, -0.15) is 5.21 Å². The van der Waals surface area contributed by atoms with Gasteiger partial charge in [0.05, 0.1) is 4.88 Å². The number of thiophene rings is 1. The second-order valence-electron chi connectivity index (χ2n) is 9.72. The monoisotopic (exact) mass is 647 g/mol. The van der Waals surface area contributed by atoms with E-state index in [1.54, 1.807) is 17.5 Å². The summed E-state index contributed by atoms with van der Waals surface area (Å²) in [6.45, 7) is 1.89. The number of rotatable bonds is 10. The number of aromatic nitrogens is 4. The van der Waals surface area contributed by atoms with E-state index in [9.17, 15) is 19.6 Å². The zero-order valence-electron chi connectivity index (χ0n) is 23.1. The van der Waals surface area contributed by atoms with E-state index in [4.69, 9.17) is 4.74 Å². The molecule has 15 heteroatoms. The highest BCUT2D eigenvalue weighted by Crippen LogP contribution is 2.44. The molecule has 2 aliphatic heterocycles. The smallest absolute Gasteiger partial charge is 0.356 e. The van der Waals surface area contributed by atoms with Gasteiger partial charge < -0.3 is 15.3 Å². The van der Waals surface area contributed by atoms with Crippen molar-refractivity contribution >= 4 is 58.4 Å². The Bertz CT molecular complexity index is 1660. The lowest BCUT2D eigenvalue weighted by Crippen LogP contribution is -2.71. The minimum absolute atomic E-state index is 0.124. The van der Waals surface area contributed by atoms with Crippen LogP contribution in [0.2, 0.25) is 0 Å². The van der Waals surface area contributed by atoms with Crippen LogP contribution < -0.4 is 5.32 Å². The van der Waals surface area contributed by atoms with E-state index in [1.807, 2.05) is 67.6 Å². The molecule has 4 heterocycles. The van der Waals surface area contributed by atoms with Gasteiger partial charge in [-0.15, -0.1) is 33.3 Å². The summed E-state index contributed by atoms with van der Waals surface area (Å²) in [5.74, 6) is -1.46. The number of amides is 2. The van der Waals surface area contributed by atoms with Gasteiger partial charge in [0.2, 0.25) is 5.16 Å². The molecule has 3 atom stereocenters. The number of oxime groups is 1. The molecular weight excluding hydrogens is 623 g/mol. The topological polar surface area (TPSA) is 163 Å². The first-order valence-corrected chi connectivity index (χ1v) is 16.2. The van der Waals surface area contributed by atoms with E-state index < -0.39 is 35.3 Å². The summed E-state index contributed by atoms with van der Waals surface area (Å²) >= 11 is 3.93. The van der Waals surface area contributed by atoms with Crippen LogP contribution in [0.15, 0.2) is 99.8 Å². The highest BCUT2D eigenvalue weighted by atomic mass is 32.2. The van der Waals surface area contributed by atoms with Gasteiger partial charge in [-0.1, -0.05) is 83.6 Å². The van der Waals surface area contributed by atoms with Crippen molar-refractivity contribution in [2.45, 2.75) is 34.8 Å². The fourth-order valence-electron chi connectivity index (χ4n) is 4.95. The number of H-pyrrole nitrogens is 1. The van der Waals surface area contributed by atoms with E-state index in [0.29, 0.717) is 21.4 Å². The molecule has 2 aliphatic rings. The fourth-order valence-corrected chi connectivity index (χ4v) is 8.07. The lowest BCUT2D eigenvalue weighted by molar-refractivity contribution is -0.154. The van der Waals surface area contributed by atoms with Crippen LogP contribution in [0.4, 0.5) is 0 Å². The SMILES string of the molecule is CC(Sc1nn[nH]n1)C1=C(C(=O)OC(c2ccccc2)c2ccccc2)N2C(=O)[C@@H](NC(=O)C(=NO)c3cccs3)[C@H]2SC1. The molecule has 0 bridgehead atoms. The molecular formula is C29H25N7O5S3. The number of ether oxygens (including phenoxy) is 1. The molecule has 0 spiro atoms. The number of hydrogen-bond donors (Lipinski definition) is 3. The molecule has 0 saturated carbocycles. The lowest BCUT2D eigenvalue weighted by Gasteiger charge is -2.50. The average molecular weight is 648 g/mol. The number of carbonyl (C=O) groups is 3. The zero-order chi connectivity index (χ0) is 30.6. The third-order valence-electron chi connectivity index (χ3n) is 7.08. The second-order valence-corrected chi connectivity index (χ2v) is 13.1. The third-order valence-corrected chi connectivity index (χ3v) is 10.3. The summed E-state index contributed by atoms with van der Waals surface area (Å²) in [7, 11) is 0. The number of aromatic amines is 1. The molecule has 44 heavy (non-hydrogen) atoms. The predicted molar refractivity (Wildman–Crippen MR) is 165 cm³/mol. The normalized spacial score (nSPS) is 18.9. The van der Waals surface area contributed by atoms with Crippen molar-refractivity contribution in [2.75, 3.05) is 5.75 Å². The lowest BCUT2D eigenvalue weighted by atomic mass is 10.00. The maximum atomic E-state index is 14.2. The molecule has 3 N–H and O–H groups in total. The molecule has 224 valence electrons. The molecule has 6 rings (SSSR count). The van der Waals surface area contributed by atoms with E-state index in [2.05, 4.69) is 31.1 Å². The number of esters is 1. The second kappa shape index (κ2) is 13.0. The first-order valence-electron chi connectivity index (χ1n) is 13.4. The summed E-state index contributed by atoms with van der Waals surface area (Å²) in [6.07, 6.45) is -0.729. The highest BCUT2D eigenvalue weighted by Gasteiger charge is 2.55. The van der Waals surface area contributed by atoms with Gasteiger partial charge >= 0.3 is 5.97 Å². The Balaban J connectivity index is 1.31. The van der Waals surface area contributed by atoms with Crippen LogP contribution in [0.5, 0.6) is 0 Å². The number of tetrazole rings is 1. The quantitative estimate of drug-likeness (QED) is 0.0579. The summed E-state index contributed by atoms with van der Waals surface area (Å²) in [4.78, 5) is 42.7. The largest absolute Gasteiger partial charge is 0.448 e. The number of fused-ring (bicyclic) bond motifs is 1. The highest BCUT2D eigenvalue weighted by molar-refractivity contribution is 8.01. The maximum Gasteiger partial charge on any atom is 0.356 e. The van der Waals surface area contributed by atoms with Crippen molar-refractivity contribution < 1.29 is 24.3 Å². The third kappa shape index (κ3) is 5.85. The van der Waals surface area contributed by atoms with Crippen LogP contribution in [0.3, 0.4) is 0 Å². The molecule has 0 radical (unpaired) electrons. The molecule has 1 fully saturated rings. The van der Waals surface area contributed by atoms with Gasteiger partial charge in [-0.05, 0) is 40.3 Å². The van der Waals surface area contributed by atoms with Gasteiger partial charge in [-0.3, -0.25) is 14.5 Å². The van der Waals surface area contributed by atoms with Gasteiger partial charge in [0.1, 0.15) is 17.1 Å². The standard InChI is InChI=1S/C29H25N7O5S3/c1-16(44-29-31-34-35-32-29)19-15-43-27-22(30-25(37)21(33-40)20-13-8-14-42-20)26(38)36(27)23(19)28(39)41-24(17-9-4-2-5-10-17)18-11-6-3-7-12-18/h2-14,16,22,24,27,40H,15H2,1H3,(H,30,37)(H,31,32,34,35)/t16?,22-,27-/m1/s1. The van der Waals surface area contributed by atoms with Crippen molar-refractivity contribution in [3.8, 4) is 0 Å². The van der Waals surface area contributed by atoms with E-state index in [1.165, 1.54) is 39.8 Å². The Hall–Kier alpha value is -4.47. The van der Waals surface area contributed by atoms with Crippen LogP contribution in [-0.4, -0.2) is 76.6 Å². The van der Waals surface area contributed by atoms with E-state index in [-0.39, 0.29) is 16.7 Å². The molecule has 1 unspecified atom stereocenters. The summed E-state index contributed by atoms with van der Waals surface area (Å²) < 4.78 is 6.20. The van der Waals surface area contributed by atoms with Gasteiger partial charge in [0.25, 0.3) is 11.8 Å². The number of hydrogen-bond acceptors (Lipinski definition) is 12. The predicted octanol–water partition coefficient (Wildman–Crippen LogP) is 3.61. The number of carbonyl (C=O) groups excluding carboxylic acids is 3. The molecule has 4 aromatic rings.